The molecule has 0 aliphatic heterocycles. The van der Waals surface area contributed by atoms with Crippen LogP contribution in [-0.2, 0) is 13.6 Å². The molecule has 0 saturated heterocycles. The van der Waals surface area contributed by atoms with Gasteiger partial charge in [-0.1, -0.05) is 0 Å². The van der Waals surface area contributed by atoms with Gasteiger partial charge in [0, 0.05) is 17.9 Å². The predicted octanol–water partition coefficient (Wildman–Crippen LogP) is 0.0796. The zero-order chi connectivity index (χ0) is 10.8. The van der Waals surface area contributed by atoms with Crippen molar-refractivity contribution in [2.75, 3.05) is 0 Å². The molecule has 2 heterocycles. The molecule has 15 heavy (non-hydrogen) atoms. The lowest BCUT2D eigenvalue weighted by Gasteiger charge is -2.09. The number of nitrogens with two attached hydrogens (primary N) is 1. The summed E-state index contributed by atoms with van der Waals surface area (Å²) in [6.45, 7) is 2.56. The van der Waals surface area contributed by atoms with E-state index in [1.54, 1.807) is 7.05 Å². The Hall–Kier alpha value is -1.69. The van der Waals surface area contributed by atoms with Crippen molar-refractivity contribution < 1.29 is 0 Å². The maximum atomic E-state index is 5.84. The molecule has 2 N–H and O–H groups in total. The lowest BCUT2D eigenvalue weighted by atomic mass is 10.2. The first kappa shape index (κ1) is 9.85. The van der Waals surface area contributed by atoms with Crippen molar-refractivity contribution in [1.82, 2.24) is 24.8 Å². The van der Waals surface area contributed by atoms with Gasteiger partial charge < -0.3 is 10.3 Å². The van der Waals surface area contributed by atoms with Crippen LogP contribution in [0.15, 0.2) is 18.3 Å². The Kier molecular flexibility index (Phi) is 2.51. The van der Waals surface area contributed by atoms with Crippen LogP contribution in [-0.4, -0.2) is 24.8 Å². The van der Waals surface area contributed by atoms with Crippen LogP contribution in [0, 0.1) is 0 Å². The Morgan fingerprint density at radius 3 is 2.93 bits per heavy atom. The minimum absolute atomic E-state index is 0.0108. The van der Waals surface area contributed by atoms with Crippen molar-refractivity contribution in [3.05, 3.63) is 29.8 Å². The normalized spacial score (nSPS) is 13.0. The smallest absolute Gasteiger partial charge is 0.194 e. The van der Waals surface area contributed by atoms with Gasteiger partial charge in [0.1, 0.15) is 0 Å². The molecule has 0 fully saturated rings. The second-order valence-electron chi connectivity index (χ2n) is 3.54. The minimum Gasteiger partial charge on any atom is -0.342 e. The van der Waals surface area contributed by atoms with Gasteiger partial charge in [-0.15, -0.1) is 10.2 Å². The summed E-state index contributed by atoms with van der Waals surface area (Å²) in [7, 11) is 1.75. The van der Waals surface area contributed by atoms with Crippen LogP contribution >= 0.6 is 0 Å². The number of hydrogen-bond donors (Lipinski definition) is 1. The van der Waals surface area contributed by atoms with E-state index in [4.69, 9.17) is 5.73 Å². The molecule has 0 amide bonds. The van der Waals surface area contributed by atoms with Gasteiger partial charge in [-0.2, -0.15) is 4.80 Å². The molecule has 1 atom stereocenters. The molecule has 2 aromatic rings. The maximum Gasteiger partial charge on any atom is 0.194 e. The highest BCUT2D eigenvalue weighted by atomic mass is 15.6. The number of hydrogen-bond acceptors (Lipinski definition) is 4. The molecule has 0 saturated carbocycles. The Morgan fingerprint density at radius 1 is 1.53 bits per heavy atom. The summed E-state index contributed by atoms with van der Waals surface area (Å²) in [4.78, 5) is 1.45. The largest absolute Gasteiger partial charge is 0.342 e. The van der Waals surface area contributed by atoms with Gasteiger partial charge >= 0.3 is 0 Å². The van der Waals surface area contributed by atoms with Crippen LogP contribution in [0.4, 0.5) is 0 Å². The summed E-state index contributed by atoms with van der Waals surface area (Å²) in [5, 5.41) is 11.8. The Labute approximate surface area is 87.7 Å². The average Bonchev–Trinajstić information content (AvgIpc) is 2.75. The SMILES string of the molecule is CC(N)c1cccn1Cc1nnn(C)n1. The Morgan fingerprint density at radius 2 is 2.33 bits per heavy atom. The van der Waals surface area contributed by atoms with E-state index in [0.717, 1.165) is 5.69 Å². The van der Waals surface area contributed by atoms with E-state index in [1.807, 2.05) is 29.8 Å². The molecular weight excluding hydrogens is 192 g/mol. The van der Waals surface area contributed by atoms with Crippen LogP contribution in [0.2, 0.25) is 0 Å². The van der Waals surface area contributed by atoms with Gasteiger partial charge in [0.2, 0.25) is 0 Å². The first-order valence-corrected chi connectivity index (χ1v) is 4.80. The van der Waals surface area contributed by atoms with Crippen LogP contribution in [0.3, 0.4) is 0 Å². The summed E-state index contributed by atoms with van der Waals surface area (Å²) >= 11 is 0. The van der Waals surface area contributed by atoms with Gasteiger partial charge in [-0.05, 0) is 24.3 Å². The first-order chi connectivity index (χ1) is 7.16. The first-order valence-electron chi connectivity index (χ1n) is 4.80. The summed E-state index contributed by atoms with van der Waals surface area (Å²) in [6, 6.07) is 3.98. The zero-order valence-corrected chi connectivity index (χ0v) is 8.83. The standard InChI is InChI=1S/C9H14N6/c1-7(10)8-4-3-5-15(8)6-9-11-13-14(2)12-9/h3-5,7H,6,10H2,1-2H3. The van der Waals surface area contributed by atoms with Crippen molar-refractivity contribution >= 4 is 0 Å². The molecule has 1 unspecified atom stereocenters. The van der Waals surface area contributed by atoms with E-state index in [2.05, 4.69) is 15.4 Å². The minimum atomic E-state index is 0.0108. The third-order valence-electron chi connectivity index (χ3n) is 2.19. The van der Waals surface area contributed by atoms with Crippen molar-refractivity contribution in [1.29, 1.82) is 0 Å². The van der Waals surface area contributed by atoms with Crippen LogP contribution in [0.5, 0.6) is 0 Å². The third-order valence-corrected chi connectivity index (χ3v) is 2.19. The second kappa shape index (κ2) is 3.82. The van der Waals surface area contributed by atoms with E-state index in [-0.39, 0.29) is 6.04 Å². The Balaban J connectivity index is 2.20. The fourth-order valence-electron chi connectivity index (χ4n) is 1.52. The number of rotatable bonds is 3. The fourth-order valence-corrected chi connectivity index (χ4v) is 1.52. The fraction of sp³-hybridized carbons (Fsp3) is 0.444. The quantitative estimate of drug-likeness (QED) is 0.771. The molecule has 2 rings (SSSR count). The van der Waals surface area contributed by atoms with E-state index in [0.29, 0.717) is 12.4 Å². The molecule has 0 aromatic carbocycles. The molecule has 0 bridgehead atoms. The van der Waals surface area contributed by atoms with E-state index in [9.17, 15) is 0 Å². The lowest BCUT2D eigenvalue weighted by Crippen LogP contribution is -2.13. The van der Waals surface area contributed by atoms with Gasteiger partial charge in [0.25, 0.3) is 0 Å². The van der Waals surface area contributed by atoms with Crippen molar-refractivity contribution in [2.24, 2.45) is 12.8 Å². The molecule has 6 nitrogen and oxygen atoms in total. The summed E-state index contributed by atoms with van der Waals surface area (Å²) in [5.41, 5.74) is 6.91. The number of aromatic nitrogens is 5. The topological polar surface area (TPSA) is 74.6 Å². The zero-order valence-electron chi connectivity index (χ0n) is 8.83. The summed E-state index contributed by atoms with van der Waals surface area (Å²) < 4.78 is 2.03. The Bertz CT molecular complexity index is 441. The van der Waals surface area contributed by atoms with Crippen LogP contribution in [0.25, 0.3) is 0 Å². The number of nitrogens with zero attached hydrogens (tertiary/aromatic N) is 5. The highest BCUT2D eigenvalue weighted by Gasteiger charge is 2.08. The molecule has 0 spiro atoms. The highest BCUT2D eigenvalue weighted by molar-refractivity contribution is 5.11. The van der Waals surface area contributed by atoms with Gasteiger partial charge in [-0.25, -0.2) is 0 Å². The molecule has 0 aliphatic rings. The number of tetrazole rings is 1. The van der Waals surface area contributed by atoms with Gasteiger partial charge in [0.05, 0.1) is 13.6 Å². The maximum absolute atomic E-state index is 5.84. The second-order valence-corrected chi connectivity index (χ2v) is 3.54. The molecule has 80 valence electrons. The van der Waals surface area contributed by atoms with Crippen LogP contribution < -0.4 is 5.73 Å². The molecule has 2 aromatic heterocycles. The monoisotopic (exact) mass is 206 g/mol. The summed E-state index contributed by atoms with van der Waals surface area (Å²) in [6.07, 6.45) is 1.97. The third kappa shape index (κ3) is 2.04. The molecule has 6 heteroatoms. The van der Waals surface area contributed by atoms with Crippen molar-refractivity contribution in [3.8, 4) is 0 Å². The van der Waals surface area contributed by atoms with Crippen molar-refractivity contribution in [3.63, 3.8) is 0 Å². The van der Waals surface area contributed by atoms with E-state index >= 15 is 0 Å². The molecular formula is C9H14N6. The van der Waals surface area contributed by atoms with Gasteiger partial charge in [0.15, 0.2) is 5.82 Å². The van der Waals surface area contributed by atoms with Crippen molar-refractivity contribution in [2.45, 2.75) is 19.5 Å². The average molecular weight is 206 g/mol. The lowest BCUT2D eigenvalue weighted by molar-refractivity contribution is 0.620. The van der Waals surface area contributed by atoms with Gasteiger partial charge in [-0.3, -0.25) is 0 Å². The van der Waals surface area contributed by atoms with E-state index < -0.39 is 0 Å². The molecule has 0 radical (unpaired) electrons. The van der Waals surface area contributed by atoms with Crippen LogP contribution in [0.1, 0.15) is 24.5 Å². The van der Waals surface area contributed by atoms with E-state index in [1.165, 1.54) is 4.80 Å². The number of aryl methyl sites for hydroxylation is 1. The highest BCUT2D eigenvalue weighted by Crippen LogP contribution is 2.11. The summed E-state index contributed by atoms with van der Waals surface area (Å²) in [5.74, 6) is 0.690. The molecule has 0 aliphatic carbocycles. The predicted molar refractivity (Wildman–Crippen MR) is 54.9 cm³/mol.